The van der Waals surface area contributed by atoms with E-state index in [1.165, 1.54) is 6.42 Å². The van der Waals surface area contributed by atoms with E-state index in [9.17, 15) is 0 Å². The number of rotatable bonds is 0. The first-order valence-corrected chi connectivity index (χ1v) is 3.14. The first-order chi connectivity index (χ1) is 3.88. The van der Waals surface area contributed by atoms with Crippen molar-refractivity contribution >= 4 is 0 Å². The molecule has 0 aromatic heterocycles. The molecule has 0 aromatic rings. The highest BCUT2D eigenvalue weighted by molar-refractivity contribution is 4.93. The van der Waals surface area contributed by atoms with Crippen molar-refractivity contribution in [2.24, 2.45) is 11.8 Å². The topological polar surface area (TPSA) is 29.5 Å². The fraction of sp³-hybridized carbons (Fsp3) is 1.00. The maximum absolute atomic E-state index is 9.09. The van der Waals surface area contributed by atoms with Gasteiger partial charge in [0.2, 0.25) is 0 Å². The first-order valence-electron chi connectivity index (χ1n) is 3.14. The summed E-state index contributed by atoms with van der Waals surface area (Å²) in [5, 5.41) is 9.09. The van der Waals surface area contributed by atoms with Crippen LogP contribution in [0.5, 0.6) is 0 Å². The molecule has 3 unspecified atom stereocenters. The molecule has 0 aromatic carbocycles. The van der Waals surface area contributed by atoms with Crippen LogP contribution in [0.4, 0.5) is 0 Å². The van der Waals surface area contributed by atoms with Crippen LogP contribution in [-0.4, -0.2) is 24.4 Å². The molecule has 0 spiro atoms. The molecule has 2 aliphatic rings. The van der Waals surface area contributed by atoms with E-state index in [-0.39, 0.29) is 6.10 Å². The van der Waals surface area contributed by atoms with Crippen LogP contribution in [0.15, 0.2) is 0 Å². The normalized spacial score (nSPS) is 52.9. The third-order valence-electron chi connectivity index (χ3n) is 2.09. The lowest BCUT2D eigenvalue weighted by Gasteiger charge is -2.15. The Kier molecular flexibility index (Phi) is 0.866. The molecule has 0 radical (unpaired) electrons. The molecule has 3 atom stereocenters. The molecule has 2 rings (SSSR count). The van der Waals surface area contributed by atoms with Crippen molar-refractivity contribution in [1.29, 1.82) is 0 Å². The van der Waals surface area contributed by atoms with Gasteiger partial charge in [-0.15, -0.1) is 0 Å². The Morgan fingerprint density at radius 2 is 2.25 bits per heavy atom. The third kappa shape index (κ3) is 0.565. The van der Waals surface area contributed by atoms with Gasteiger partial charge in [0.05, 0.1) is 12.7 Å². The molecule has 1 aliphatic heterocycles. The van der Waals surface area contributed by atoms with Crippen molar-refractivity contribution in [3.8, 4) is 0 Å². The fourth-order valence-electron chi connectivity index (χ4n) is 1.40. The quantitative estimate of drug-likeness (QED) is 0.481. The predicted octanol–water partition coefficient (Wildman–Crippen LogP) is 0.0136. The smallest absolute Gasteiger partial charge is 0.0805 e. The van der Waals surface area contributed by atoms with Gasteiger partial charge in [0.1, 0.15) is 0 Å². The maximum Gasteiger partial charge on any atom is 0.0805 e. The molecule has 1 aliphatic carbocycles. The van der Waals surface area contributed by atoms with Crippen molar-refractivity contribution in [2.75, 3.05) is 13.2 Å². The average molecular weight is 114 g/mol. The Hall–Kier alpha value is -0.0800. The summed E-state index contributed by atoms with van der Waals surface area (Å²) in [6.45, 7) is 1.46. The van der Waals surface area contributed by atoms with Gasteiger partial charge in [-0.25, -0.2) is 0 Å². The Morgan fingerprint density at radius 3 is 2.88 bits per heavy atom. The molecule has 1 N–H and O–H groups in total. The molecule has 2 nitrogen and oxygen atoms in total. The molecular formula is C6H10O2. The van der Waals surface area contributed by atoms with Crippen LogP contribution in [-0.2, 0) is 4.74 Å². The standard InChI is InChI=1S/C6H10O2/c7-6-3-8-2-4-1-5(4)6/h4-7H,1-3H2. The van der Waals surface area contributed by atoms with Crippen LogP contribution in [0.1, 0.15) is 6.42 Å². The number of fused-ring (bicyclic) bond motifs is 1. The molecule has 0 bridgehead atoms. The average Bonchev–Trinajstić information content (AvgIpc) is 2.45. The minimum absolute atomic E-state index is 0.145. The zero-order chi connectivity index (χ0) is 5.56. The fourth-order valence-corrected chi connectivity index (χ4v) is 1.40. The van der Waals surface area contributed by atoms with Crippen molar-refractivity contribution in [1.82, 2.24) is 0 Å². The lowest BCUT2D eigenvalue weighted by Crippen LogP contribution is -2.24. The minimum atomic E-state index is -0.145. The summed E-state index contributed by atoms with van der Waals surface area (Å²) >= 11 is 0. The van der Waals surface area contributed by atoms with Crippen LogP contribution in [0.25, 0.3) is 0 Å². The summed E-state index contributed by atoms with van der Waals surface area (Å²) in [5.41, 5.74) is 0. The second kappa shape index (κ2) is 1.45. The Morgan fingerprint density at radius 1 is 1.38 bits per heavy atom. The Bertz CT molecular complexity index is 103. The number of ether oxygens (including phenoxy) is 1. The summed E-state index contributed by atoms with van der Waals surface area (Å²) in [7, 11) is 0. The van der Waals surface area contributed by atoms with Crippen molar-refractivity contribution < 1.29 is 9.84 Å². The molecule has 46 valence electrons. The van der Waals surface area contributed by atoms with Crippen LogP contribution in [0, 0.1) is 11.8 Å². The molecule has 2 heteroatoms. The molecule has 1 heterocycles. The van der Waals surface area contributed by atoms with E-state index in [1.807, 2.05) is 0 Å². The van der Waals surface area contributed by atoms with E-state index in [4.69, 9.17) is 9.84 Å². The van der Waals surface area contributed by atoms with Crippen LogP contribution < -0.4 is 0 Å². The molecule has 1 saturated carbocycles. The van der Waals surface area contributed by atoms with Crippen molar-refractivity contribution in [3.63, 3.8) is 0 Å². The number of hydrogen-bond acceptors (Lipinski definition) is 2. The van der Waals surface area contributed by atoms with Gasteiger partial charge in [-0.2, -0.15) is 0 Å². The Balaban J connectivity index is 1.99. The molecule has 1 saturated heterocycles. The second-order valence-corrected chi connectivity index (χ2v) is 2.76. The predicted molar refractivity (Wildman–Crippen MR) is 28.4 cm³/mol. The van der Waals surface area contributed by atoms with E-state index in [2.05, 4.69) is 0 Å². The number of aliphatic hydroxyl groups is 1. The SMILES string of the molecule is OC1COCC2CC12. The second-order valence-electron chi connectivity index (χ2n) is 2.76. The third-order valence-corrected chi connectivity index (χ3v) is 2.09. The van der Waals surface area contributed by atoms with E-state index in [0.717, 1.165) is 6.61 Å². The monoisotopic (exact) mass is 114 g/mol. The van der Waals surface area contributed by atoms with Crippen LogP contribution in [0.2, 0.25) is 0 Å². The Labute approximate surface area is 48.5 Å². The van der Waals surface area contributed by atoms with Crippen molar-refractivity contribution in [3.05, 3.63) is 0 Å². The zero-order valence-corrected chi connectivity index (χ0v) is 4.71. The van der Waals surface area contributed by atoms with Crippen LogP contribution >= 0.6 is 0 Å². The molecule has 2 fully saturated rings. The summed E-state index contributed by atoms with van der Waals surface area (Å²) < 4.78 is 5.09. The number of hydrogen-bond donors (Lipinski definition) is 1. The maximum atomic E-state index is 9.09. The van der Waals surface area contributed by atoms with Gasteiger partial charge in [0.15, 0.2) is 0 Å². The van der Waals surface area contributed by atoms with E-state index < -0.39 is 0 Å². The number of aliphatic hydroxyl groups excluding tert-OH is 1. The van der Waals surface area contributed by atoms with E-state index in [1.54, 1.807) is 0 Å². The molecular weight excluding hydrogens is 104 g/mol. The highest BCUT2D eigenvalue weighted by atomic mass is 16.5. The van der Waals surface area contributed by atoms with Gasteiger partial charge < -0.3 is 9.84 Å². The van der Waals surface area contributed by atoms with Crippen LogP contribution in [0.3, 0.4) is 0 Å². The lowest BCUT2D eigenvalue weighted by molar-refractivity contribution is -0.0130. The van der Waals surface area contributed by atoms with Gasteiger partial charge in [0.25, 0.3) is 0 Å². The summed E-state index contributed by atoms with van der Waals surface area (Å²) in [5.74, 6) is 1.31. The van der Waals surface area contributed by atoms with Gasteiger partial charge in [-0.1, -0.05) is 0 Å². The van der Waals surface area contributed by atoms with E-state index in [0.29, 0.717) is 18.4 Å². The highest BCUT2D eigenvalue weighted by Crippen LogP contribution is 2.43. The van der Waals surface area contributed by atoms with Gasteiger partial charge in [-0.05, 0) is 18.3 Å². The van der Waals surface area contributed by atoms with Gasteiger partial charge >= 0.3 is 0 Å². The summed E-state index contributed by atoms with van der Waals surface area (Å²) in [6.07, 6.45) is 1.05. The highest BCUT2D eigenvalue weighted by Gasteiger charge is 2.45. The minimum Gasteiger partial charge on any atom is -0.390 e. The molecule has 0 amide bonds. The van der Waals surface area contributed by atoms with Crippen molar-refractivity contribution in [2.45, 2.75) is 12.5 Å². The summed E-state index contributed by atoms with van der Waals surface area (Å²) in [6, 6.07) is 0. The van der Waals surface area contributed by atoms with E-state index >= 15 is 0 Å². The summed E-state index contributed by atoms with van der Waals surface area (Å²) in [4.78, 5) is 0. The van der Waals surface area contributed by atoms with Gasteiger partial charge in [-0.3, -0.25) is 0 Å². The first kappa shape index (κ1) is 4.77. The molecule has 8 heavy (non-hydrogen) atoms. The lowest BCUT2D eigenvalue weighted by atomic mass is 10.2. The zero-order valence-electron chi connectivity index (χ0n) is 4.71. The largest absolute Gasteiger partial charge is 0.390 e. The van der Waals surface area contributed by atoms with Gasteiger partial charge in [0, 0.05) is 6.61 Å².